The molecule has 1 aliphatic heterocycles. The minimum atomic E-state index is -0.362. The van der Waals surface area contributed by atoms with E-state index in [2.05, 4.69) is 11.1 Å². The van der Waals surface area contributed by atoms with Crippen molar-refractivity contribution in [1.82, 2.24) is 9.88 Å². The quantitative estimate of drug-likeness (QED) is 0.200. The summed E-state index contributed by atoms with van der Waals surface area (Å²) in [6.07, 6.45) is -0.551. The predicted molar refractivity (Wildman–Crippen MR) is 155 cm³/mol. The van der Waals surface area contributed by atoms with E-state index < -0.39 is 0 Å². The molecule has 0 spiro atoms. The number of esters is 1. The second kappa shape index (κ2) is 11.9. The maximum absolute atomic E-state index is 13.1. The molecule has 2 atom stereocenters. The van der Waals surface area contributed by atoms with Crippen LogP contribution in [0.2, 0.25) is 0 Å². The number of rotatable bonds is 9. The summed E-state index contributed by atoms with van der Waals surface area (Å²) < 4.78 is 17.3. The average molecular weight is 557 g/mol. The van der Waals surface area contributed by atoms with Crippen molar-refractivity contribution in [3.8, 4) is 21.9 Å². The monoisotopic (exact) mass is 556 g/mol. The topological polar surface area (TPSA) is 78.0 Å². The number of hydrogen-bond acceptors (Lipinski definition) is 7. The van der Waals surface area contributed by atoms with Gasteiger partial charge in [-0.2, -0.15) is 0 Å². The van der Waals surface area contributed by atoms with Gasteiger partial charge in [0.25, 0.3) is 0 Å². The maximum atomic E-state index is 13.1. The highest BCUT2D eigenvalue weighted by molar-refractivity contribution is 7.15. The Hall–Kier alpha value is -4.17. The van der Waals surface area contributed by atoms with E-state index in [0.717, 1.165) is 37.8 Å². The molecule has 1 saturated heterocycles. The molecule has 7 nitrogen and oxygen atoms in total. The third-order valence-corrected chi connectivity index (χ3v) is 7.99. The fourth-order valence-electron chi connectivity index (χ4n) is 4.95. The van der Waals surface area contributed by atoms with Crippen LogP contribution in [0.3, 0.4) is 0 Å². The minimum Gasteiger partial charge on any atom is -0.466 e. The Morgan fingerprint density at radius 1 is 1.05 bits per heavy atom. The molecule has 0 saturated carbocycles. The van der Waals surface area contributed by atoms with Crippen LogP contribution in [0.5, 0.6) is 11.5 Å². The van der Waals surface area contributed by atoms with Crippen molar-refractivity contribution >= 4 is 23.4 Å². The number of cyclic esters (lactones) is 1. The van der Waals surface area contributed by atoms with Crippen molar-refractivity contribution in [1.29, 1.82) is 0 Å². The lowest BCUT2D eigenvalue weighted by Gasteiger charge is -2.23. The molecule has 0 bridgehead atoms. The number of aromatic nitrogens is 1. The summed E-state index contributed by atoms with van der Waals surface area (Å²) in [5.41, 5.74) is 4.59. The molecular weight excluding hydrogens is 524 g/mol. The highest BCUT2D eigenvalue weighted by atomic mass is 32.1. The van der Waals surface area contributed by atoms with E-state index in [1.54, 1.807) is 23.2 Å². The highest BCUT2D eigenvalue weighted by Crippen LogP contribution is 2.38. The molecule has 2 heterocycles. The van der Waals surface area contributed by atoms with Crippen molar-refractivity contribution in [2.24, 2.45) is 0 Å². The van der Waals surface area contributed by atoms with Crippen LogP contribution < -0.4 is 4.74 Å². The third kappa shape index (κ3) is 6.02. The fraction of sp³-hybridized carbons (Fsp3) is 0.281. The van der Waals surface area contributed by atoms with Gasteiger partial charge >= 0.3 is 12.1 Å². The van der Waals surface area contributed by atoms with Gasteiger partial charge in [0.2, 0.25) is 0 Å². The van der Waals surface area contributed by atoms with E-state index in [4.69, 9.17) is 14.2 Å². The van der Waals surface area contributed by atoms with Gasteiger partial charge < -0.3 is 14.2 Å². The summed E-state index contributed by atoms with van der Waals surface area (Å²) in [5.74, 6) is 0.938. The first kappa shape index (κ1) is 27.4. The molecule has 1 fully saturated rings. The van der Waals surface area contributed by atoms with Gasteiger partial charge in [-0.3, -0.25) is 9.69 Å². The van der Waals surface area contributed by atoms with Gasteiger partial charge in [-0.15, -0.1) is 11.3 Å². The molecule has 1 aliphatic rings. The minimum absolute atomic E-state index is 0.166. The zero-order valence-electron chi connectivity index (χ0n) is 23.0. The number of ether oxygens (including phenoxy) is 3. The molecule has 4 aromatic rings. The second-order valence-corrected chi connectivity index (χ2v) is 11.0. The number of hydrogen-bond donors (Lipinski definition) is 0. The van der Waals surface area contributed by atoms with Gasteiger partial charge in [0, 0.05) is 5.56 Å². The first-order valence-corrected chi connectivity index (χ1v) is 14.2. The van der Waals surface area contributed by atoms with Crippen LogP contribution in [0, 0.1) is 13.8 Å². The van der Waals surface area contributed by atoms with E-state index in [1.807, 2.05) is 87.5 Å². The van der Waals surface area contributed by atoms with Gasteiger partial charge in [-0.25, -0.2) is 9.78 Å². The summed E-state index contributed by atoms with van der Waals surface area (Å²) in [5, 5.41) is 0.996. The Morgan fingerprint density at radius 3 is 2.58 bits per heavy atom. The molecule has 3 aromatic carbocycles. The highest BCUT2D eigenvalue weighted by Gasteiger charge is 2.40. The van der Waals surface area contributed by atoms with Crippen LogP contribution in [0.15, 0.2) is 72.8 Å². The normalized spacial score (nSPS) is 16.6. The molecule has 5 rings (SSSR count). The number of nitrogens with zero attached hydrogens (tertiary/aromatic N) is 2. The second-order valence-electron chi connectivity index (χ2n) is 9.78. The molecule has 1 amide bonds. The Morgan fingerprint density at radius 2 is 1.85 bits per heavy atom. The predicted octanol–water partition coefficient (Wildman–Crippen LogP) is 7.41. The van der Waals surface area contributed by atoms with E-state index in [0.29, 0.717) is 24.7 Å². The molecule has 0 radical (unpaired) electrons. The Kier molecular flexibility index (Phi) is 8.16. The van der Waals surface area contributed by atoms with Crippen LogP contribution in [0.4, 0.5) is 4.79 Å². The Bertz CT molecular complexity index is 1520. The Balaban J connectivity index is 1.46. The largest absolute Gasteiger partial charge is 0.466 e. The van der Waals surface area contributed by atoms with E-state index >= 15 is 0 Å². The van der Waals surface area contributed by atoms with Gasteiger partial charge in [0.05, 0.1) is 41.2 Å². The summed E-state index contributed by atoms with van der Waals surface area (Å²) in [6.45, 7) is 8.44. The first-order valence-electron chi connectivity index (χ1n) is 13.3. The van der Waals surface area contributed by atoms with Crippen molar-refractivity contribution in [3.05, 3.63) is 100 Å². The number of carbonyl (C=O) groups excluding carboxylic acids is 2. The lowest BCUT2D eigenvalue weighted by atomic mass is 10.0. The summed E-state index contributed by atoms with van der Waals surface area (Å²) in [4.78, 5) is 32.5. The zero-order valence-corrected chi connectivity index (χ0v) is 23.9. The van der Waals surface area contributed by atoms with Crippen LogP contribution in [0.1, 0.15) is 47.3 Å². The molecule has 40 heavy (non-hydrogen) atoms. The van der Waals surface area contributed by atoms with Crippen molar-refractivity contribution in [3.63, 3.8) is 0 Å². The summed E-state index contributed by atoms with van der Waals surface area (Å²) in [7, 11) is 0. The summed E-state index contributed by atoms with van der Waals surface area (Å²) in [6, 6.07) is 23.0. The van der Waals surface area contributed by atoms with Crippen molar-refractivity contribution < 1.29 is 23.8 Å². The number of thiazole rings is 1. The number of benzene rings is 3. The zero-order chi connectivity index (χ0) is 28.2. The van der Waals surface area contributed by atoms with Gasteiger partial charge in [0.1, 0.15) is 17.6 Å². The molecule has 0 aliphatic carbocycles. The van der Waals surface area contributed by atoms with Crippen LogP contribution in [-0.4, -0.2) is 34.6 Å². The Labute approximate surface area is 238 Å². The standard InChI is InChI=1S/C32H32N2O5S/c1-5-37-29(35)17-23-10-9-13-27(16-23)38-28-15-14-25(31-20(2)33-22(4)40-31)18-26(28)19-34-21(3)30(39-32(34)36)24-11-7-6-8-12-24/h6-16,18,21,30H,5,17,19H2,1-4H3. The number of aryl methyl sites for hydroxylation is 2. The molecule has 2 unspecified atom stereocenters. The van der Waals surface area contributed by atoms with Gasteiger partial charge in [-0.05, 0) is 74.7 Å². The van der Waals surface area contributed by atoms with E-state index in [1.165, 1.54) is 0 Å². The molecule has 1 aromatic heterocycles. The van der Waals surface area contributed by atoms with Crippen molar-refractivity contribution in [2.45, 2.75) is 52.8 Å². The van der Waals surface area contributed by atoms with Gasteiger partial charge in [0.15, 0.2) is 0 Å². The smallest absolute Gasteiger partial charge is 0.411 e. The van der Waals surface area contributed by atoms with E-state index in [-0.39, 0.29) is 30.6 Å². The maximum Gasteiger partial charge on any atom is 0.411 e. The lowest BCUT2D eigenvalue weighted by Crippen LogP contribution is -2.31. The van der Waals surface area contributed by atoms with Crippen LogP contribution in [-0.2, 0) is 27.2 Å². The SMILES string of the molecule is CCOC(=O)Cc1cccc(Oc2ccc(-c3sc(C)nc3C)cc2CN2C(=O)OC(c3ccccc3)C2C)c1. The molecule has 0 N–H and O–H groups in total. The first-order chi connectivity index (χ1) is 19.3. The van der Waals surface area contributed by atoms with Gasteiger partial charge in [-0.1, -0.05) is 42.5 Å². The number of carbonyl (C=O) groups is 2. The molecular formula is C32H32N2O5S. The summed E-state index contributed by atoms with van der Waals surface area (Å²) >= 11 is 1.64. The average Bonchev–Trinajstić information content (AvgIpc) is 3.42. The molecule has 8 heteroatoms. The van der Waals surface area contributed by atoms with E-state index in [9.17, 15) is 9.59 Å². The van der Waals surface area contributed by atoms with Crippen molar-refractivity contribution in [2.75, 3.05) is 6.61 Å². The van der Waals surface area contributed by atoms with Crippen LogP contribution >= 0.6 is 11.3 Å². The number of amides is 1. The fourth-order valence-corrected chi connectivity index (χ4v) is 5.87. The third-order valence-electron chi connectivity index (χ3n) is 6.87. The van der Waals surface area contributed by atoms with Crippen LogP contribution in [0.25, 0.3) is 10.4 Å². The molecule has 206 valence electrons. The lowest BCUT2D eigenvalue weighted by molar-refractivity contribution is -0.142.